The molecule has 0 unspecified atom stereocenters. The minimum atomic E-state index is 0.244. The summed E-state index contributed by atoms with van der Waals surface area (Å²) in [6.07, 6.45) is 3.14. The second kappa shape index (κ2) is 4.63. The van der Waals surface area contributed by atoms with Crippen LogP contribution >= 0.6 is 0 Å². The molecule has 0 spiro atoms. The Morgan fingerprint density at radius 2 is 2.00 bits per heavy atom. The normalized spacial score (nSPS) is 19.5. The van der Waals surface area contributed by atoms with Gasteiger partial charge in [0.15, 0.2) is 5.75 Å². The molecule has 0 amide bonds. The Bertz CT molecular complexity index is 304. The summed E-state index contributed by atoms with van der Waals surface area (Å²) in [5.41, 5.74) is 0. The molecule has 1 fully saturated rings. The topological polar surface area (TPSA) is 44.5 Å². The summed E-state index contributed by atoms with van der Waals surface area (Å²) in [6, 6.07) is 0. The van der Waals surface area contributed by atoms with E-state index in [-0.39, 0.29) is 5.75 Å². The van der Waals surface area contributed by atoms with Crippen molar-refractivity contribution in [1.82, 2.24) is 19.6 Å². The highest BCUT2D eigenvalue weighted by atomic mass is 16.3. The third-order valence-corrected chi connectivity index (χ3v) is 2.86. The second-order valence-electron chi connectivity index (χ2n) is 4.11. The van der Waals surface area contributed by atoms with Crippen molar-refractivity contribution in [1.29, 1.82) is 0 Å². The average molecular weight is 210 g/mol. The monoisotopic (exact) mass is 210 g/mol. The third kappa shape index (κ3) is 2.94. The van der Waals surface area contributed by atoms with Crippen molar-refractivity contribution in [2.75, 3.05) is 39.8 Å². The summed E-state index contributed by atoms with van der Waals surface area (Å²) in [5, 5.41) is 13.2. The molecule has 0 atom stereocenters. The lowest BCUT2D eigenvalue weighted by molar-refractivity contribution is 0.148. The molecule has 0 aromatic carbocycles. The van der Waals surface area contributed by atoms with Gasteiger partial charge < -0.3 is 10.0 Å². The van der Waals surface area contributed by atoms with Gasteiger partial charge in [-0.25, -0.2) is 0 Å². The third-order valence-electron chi connectivity index (χ3n) is 2.86. The molecule has 2 rings (SSSR count). The van der Waals surface area contributed by atoms with Gasteiger partial charge in [-0.15, -0.1) is 0 Å². The number of likely N-dealkylation sites (N-methyl/N-ethyl adjacent to an activating group) is 1. The van der Waals surface area contributed by atoms with E-state index >= 15 is 0 Å². The lowest BCUT2D eigenvalue weighted by atomic mass is 10.3. The summed E-state index contributed by atoms with van der Waals surface area (Å²) in [7, 11) is 2.16. The fourth-order valence-corrected chi connectivity index (χ4v) is 1.79. The summed E-state index contributed by atoms with van der Waals surface area (Å²) < 4.78 is 1.79. The van der Waals surface area contributed by atoms with Crippen molar-refractivity contribution in [2.45, 2.75) is 6.54 Å². The molecule has 0 bridgehead atoms. The van der Waals surface area contributed by atoms with Crippen LogP contribution in [0.1, 0.15) is 0 Å². The lowest BCUT2D eigenvalue weighted by Crippen LogP contribution is -2.45. The zero-order chi connectivity index (χ0) is 10.7. The zero-order valence-corrected chi connectivity index (χ0v) is 9.13. The molecular formula is C10H18N4O. The highest BCUT2D eigenvalue weighted by Gasteiger charge is 2.13. The first-order valence-corrected chi connectivity index (χ1v) is 5.36. The molecule has 1 aliphatic rings. The molecule has 15 heavy (non-hydrogen) atoms. The molecule has 1 N–H and O–H groups in total. The van der Waals surface area contributed by atoms with Crippen LogP contribution in [0, 0.1) is 0 Å². The van der Waals surface area contributed by atoms with Gasteiger partial charge in [0, 0.05) is 32.7 Å². The maximum absolute atomic E-state index is 9.12. The minimum absolute atomic E-state index is 0.244. The fourth-order valence-electron chi connectivity index (χ4n) is 1.79. The minimum Gasteiger partial charge on any atom is -0.505 e. The van der Waals surface area contributed by atoms with E-state index in [1.54, 1.807) is 10.9 Å². The maximum Gasteiger partial charge on any atom is 0.153 e. The Labute approximate surface area is 89.9 Å². The molecular weight excluding hydrogens is 192 g/mol. The molecule has 0 radical (unpaired) electrons. The van der Waals surface area contributed by atoms with E-state index in [9.17, 15) is 0 Å². The first kappa shape index (κ1) is 10.4. The number of piperazine rings is 1. The smallest absolute Gasteiger partial charge is 0.153 e. The van der Waals surface area contributed by atoms with E-state index in [0.29, 0.717) is 0 Å². The molecule has 2 heterocycles. The van der Waals surface area contributed by atoms with Crippen LogP contribution in [0.25, 0.3) is 0 Å². The summed E-state index contributed by atoms with van der Waals surface area (Å²) in [6.45, 7) is 6.40. The van der Waals surface area contributed by atoms with Gasteiger partial charge in [0.25, 0.3) is 0 Å². The molecule has 1 aromatic rings. The van der Waals surface area contributed by atoms with Gasteiger partial charge in [-0.3, -0.25) is 9.58 Å². The van der Waals surface area contributed by atoms with Crippen LogP contribution < -0.4 is 0 Å². The van der Waals surface area contributed by atoms with Crippen LogP contribution in [0.5, 0.6) is 5.75 Å². The average Bonchev–Trinajstić information content (AvgIpc) is 2.64. The van der Waals surface area contributed by atoms with E-state index < -0.39 is 0 Å². The number of hydrogen-bond donors (Lipinski definition) is 1. The highest BCUT2D eigenvalue weighted by molar-refractivity contribution is 5.08. The van der Waals surface area contributed by atoms with E-state index in [1.165, 1.54) is 6.20 Å². The van der Waals surface area contributed by atoms with Gasteiger partial charge in [-0.2, -0.15) is 5.10 Å². The Hall–Kier alpha value is -1.07. The number of nitrogens with zero attached hydrogens (tertiary/aromatic N) is 4. The summed E-state index contributed by atoms with van der Waals surface area (Å²) in [5.74, 6) is 0.244. The first-order chi connectivity index (χ1) is 7.24. The number of hydrogen-bond acceptors (Lipinski definition) is 4. The molecule has 0 saturated carbocycles. The molecule has 5 nitrogen and oxygen atoms in total. The molecule has 5 heteroatoms. The molecule has 1 aliphatic heterocycles. The summed E-state index contributed by atoms with van der Waals surface area (Å²) in [4.78, 5) is 4.77. The van der Waals surface area contributed by atoms with Crippen molar-refractivity contribution in [2.24, 2.45) is 0 Å². The number of rotatable bonds is 3. The molecule has 1 aromatic heterocycles. The number of aromatic nitrogens is 2. The van der Waals surface area contributed by atoms with Crippen LogP contribution in [-0.4, -0.2) is 64.5 Å². The van der Waals surface area contributed by atoms with Gasteiger partial charge >= 0.3 is 0 Å². The van der Waals surface area contributed by atoms with Crippen LogP contribution in [0.4, 0.5) is 0 Å². The lowest BCUT2D eigenvalue weighted by Gasteiger charge is -2.32. The Balaban J connectivity index is 1.74. The van der Waals surface area contributed by atoms with Crippen molar-refractivity contribution >= 4 is 0 Å². The van der Waals surface area contributed by atoms with Gasteiger partial charge in [-0.05, 0) is 7.05 Å². The predicted octanol–water partition coefficient (Wildman–Crippen LogP) is -0.164. The van der Waals surface area contributed by atoms with Crippen LogP contribution in [-0.2, 0) is 6.54 Å². The standard InChI is InChI=1S/C10H18N4O/c1-12-2-4-13(5-3-12)6-7-14-9-10(15)8-11-14/h8-9,15H,2-7H2,1H3. The van der Waals surface area contributed by atoms with Gasteiger partial charge in [0.2, 0.25) is 0 Å². The Kier molecular flexibility index (Phi) is 3.23. The van der Waals surface area contributed by atoms with Crippen molar-refractivity contribution in [3.05, 3.63) is 12.4 Å². The largest absolute Gasteiger partial charge is 0.505 e. The Morgan fingerprint density at radius 3 is 2.60 bits per heavy atom. The van der Waals surface area contributed by atoms with Crippen LogP contribution in [0.2, 0.25) is 0 Å². The van der Waals surface area contributed by atoms with Gasteiger partial charge in [0.05, 0.1) is 18.9 Å². The van der Waals surface area contributed by atoms with E-state index in [4.69, 9.17) is 5.11 Å². The molecule has 0 aliphatic carbocycles. The summed E-state index contributed by atoms with van der Waals surface area (Å²) >= 11 is 0. The number of aromatic hydroxyl groups is 1. The second-order valence-corrected chi connectivity index (χ2v) is 4.11. The maximum atomic E-state index is 9.12. The van der Waals surface area contributed by atoms with E-state index in [2.05, 4.69) is 21.9 Å². The van der Waals surface area contributed by atoms with E-state index in [0.717, 1.165) is 39.3 Å². The van der Waals surface area contributed by atoms with Crippen molar-refractivity contribution in [3.63, 3.8) is 0 Å². The van der Waals surface area contributed by atoms with Crippen molar-refractivity contribution in [3.8, 4) is 5.75 Å². The quantitative estimate of drug-likeness (QED) is 0.752. The zero-order valence-electron chi connectivity index (χ0n) is 9.13. The predicted molar refractivity (Wildman–Crippen MR) is 57.8 cm³/mol. The Morgan fingerprint density at radius 1 is 1.27 bits per heavy atom. The van der Waals surface area contributed by atoms with Gasteiger partial charge in [-0.1, -0.05) is 0 Å². The van der Waals surface area contributed by atoms with Crippen molar-refractivity contribution < 1.29 is 5.11 Å². The molecule has 84 valence electrons. The van der Waals surface area contributed by atoms with Gasteiger partial charge in [0.1, 0.15) is 0 Å². The highest BCUT2D eigenvalue weighted by Crippen LogP contribution is 2.05. The molecule has 1 saturated heterocycles. The first-order valence-electron chi connectivity index (χ1n) is 5.36. The van der Waals surface area contributed by atoms with E-state index in [1.807, 2.05) is 0 Å². The van der Waals surface area contributed by atoms with Crippen LogP contribution in [0.3, 0.4) is 0 Å². The fraction of sp³-hybridized carbons (Fsp3) is 0.700. The SMILES string of the molecule is CN1CCN(CCn2cc(O)cn2)CC1. The van der Waals surface area contributed by atoms with Crippen LogP contribution in [0.15, 0.2) is 12.4 Å².